The molecule has 1 aromatic rings. The number of allylic oxidation sites excluding steroid dienone is 4. The van der Waals surface area contributed by atoms with Crippen molar-refractivity contribution in [3.63, 3.8) is 0 Å². The maximum Gasteiger partial charge on any atom is 0.362 e. The second kappa shape index (κ2) is 5.68. The van der Waals surface area contributed by atoms with Gasteiger partial charge >= 0.3 is 11.7 Å². The molecule has 2 rings (SSSR count). The zero-order chi connectivity index (χ0) is 14.7. The number of rotatable bonds is 4. The third-order valence-electron chi connectivity index (χ3n) is 2.93. The average molecular weight is 277 g/mol. The van der Waals surface area contributed by atoms with Crippen molar-refractivity contribution in [1.29, 1.82) is 0 Å². The molecule has 1 heterocycles. The van der Waals surface area contributed by atoms with E-state index in [4.69, 9.17) is 5.11 Å². The minimum Gasteiger partial charge on any atom is -0.476 e. The SMILES string of the molecule is CCCn1c(=O)c(C(=O)O)nn(C2=CCCC=C2)c1=O. The number of aromatic carboxylic acids is 1. The molecule has 0 unspecified atom stereocenters. The first-order valence-electron chi connectivity index (χ1n) is 6.40. The molecule has 0 radical (unpaired) electrons. The van der Waals surface area contributed by atoms with Gasteiger partial charge in [0.05, 0.1) is 5.70 Å². The van der Waals surface area contributed by atoms with E-state index in [2.05, 4.69) is 5.10 Å². The highest BCUT2D eigenvalue weighted by atomic mass is 16.4. The topological polar surface area (TPSA) is 94.2 Å². The maximum absolute atomic E-state index is 12.2. The molecule has 1 N–H and O–H groups in total. The van der Waals surface area contributed by atoms with Gasteiger partial charge in [-0.25, -0.2) is 9.59 Å². The summed E-state index contributed by atoms with van der Waals surface area (Å²) in [6.07, 6.45) is 7.52. The third-order valence-corrected chi connectivity index (χ3v) is 2.93. The minimum atomic E-state index is -1.44. The van der Waals surface area contributed by atoms with Crippen molar-refractivity contribution in [3.8, 4) is 0 Å². The predicted octanol–water partition coefficient (Wildman–Crippen LogP) is 0.704. The van der Waals surface area contributed by atoms with Gasteiger partial charge in [0.15, 0.2) is 0 Å². The molecule has 0 amide bonds. The van der Waals surface area contributed by atoms with E-state index in [0.717, 1.165) is 22.1 Å². The first-order valence-corrected chi connectivity index (χ1v) is 6.40. The van der Waals surface area contributed by atoms with Crippen LogP contribution in [0, 0.1) is 0 Å². The molecule has 7 heteroatoms. The molecule has 0 saturated carbocycles. The lowest BCUT2D eigenvalue weighted by atomic mass is 10.1. The van der Waals surface area contributed by atoms with Gasteiger partial charge in [-0.2, -0.15) is 9.78 Å². The highest BCUT2D eigenvalue weighted by Crippen LogP contribution is 2.11. The van der Waals surface area contributed by atoms with Crippen LogP contribution in [-0.2, 0) is 6.54 Å². The smallest absolute Gasteiger partial charge is 0.362 e. The van der Waals surface area contributed by atoms with E-state index in [9.17, 15) is 14.4 Å². The largest absolute Gasteiger partial charge is 0.476 e. The summed E-state index contributed by atoms with van der Waals surface area (Å²) in [5.74, 6) is -1.44. The number of carboxylic acids is 1. The monoisotopic (exact) mass is 277 g/mol. The zero-order valence-corrected chi connectivity index (χ0v) is 11.1. The molecule has 7 nitrogen and oxygen atoms in total. The summed E-state index contributed by atoms with van der Waals surface area (Å²) in [6, 6.07) is 0. The van der Waals surface area contributed by atoms with Gasteiger partial charge in [-0.15, -0.1) is 0 Å². The van der Waals surface area contributed by atoms with Crippen molar-refractivity contribution in [2.24, 2.45) is 0 Å². The second-order valence-corrected chi connectivity index (χ2v) is 4.41. The zero-order valence-electron chi connectivity index (χ0n) is 11.1. The van der Waals surface area contributed by atoms with E-state index in [0.29, 0.717) is 12.1 Å². The fraction of sp³-hybridized carbons (Fsp3) is 0.385. The van der Waals surface area contributed by atoms with E-state index in [1.807, 2.05) is 6.08 Å². The number of carboxylic acid groups (broad SMARTS) is 1. The Morgan fingerprint density at radius 2 is 2.15 bits per heavy atom. The third kappa shape index (κ3) is 2.47. The molecule has 0 atom stereocenters. The van der Waals surface area contributed by atoms with E-state index < -0.39 is 22.9 Å². The van der Waals surface area contributed by atoms with Gasteiger partial charge in [-0.1, -0.05) is 19.1 Å². The molecule has 0 bridgehead atoms. The van der Waals surface area contributed by atoms with E-state index >= 15 is 0 Å². The normalized spacial score (nSPS) is 14.2. The first kappa shape index (κ1) is 14.0. The van der Waals surface area contributed by atoms with Crippen LogP contribution in [0.4, 0.5) is 0 Å². The minimum absolute atomic E-state index is 0.164. The molecule has 1 aliphatic rings. The number of hydrogen-bond acceptors (Lipinski definition) is 4. The standard InChI is InChI=1S/C13H15N3O4/c1-2-8-15-11(17)10(12(18)19)14-16(13(15)20)9-6-4-3-5-7-9/h4,6-7H,2-3,5,8H2,1H3,(H,18,19). The summed E-state index contributed by atoms with van der Waals surface area (Å²) < 4.78 is 1.90. The molecule has 0 saturated heterocycles. The Balaban J connectivity index is 2.72. The summed E-state index contributed by atoms with van der Waals surface area (Å²) in [5, 5.41) is 12.7. The van der Waals surface area contributed by atoms with Crippen LogP contribution in [0.5, 0.6) is 0 Å². The van der Waals surface area contributed by atoms with Crippen LogP contribution in [-0.4, -0.2) is 25.4 Å². The maximum atomic E-state index is 12.2. The lowest BCUT2D eigenvalue weighted by Gasteiger charge is -2.12. The fourth-order valence-electron chi connectivity index (χ4n) is 1.99. The van der Waals surface area contributed by atoms with E-state index in [-0.39, 0.29) is 6.54 Å². The van der Waals surface area contributed by atoms with Gasteiger partial charge in [0.2, 0.25) is 5.69 Å². The Labute approximate surface area is 114 Å². The van der Waals surface area contributed by atoms with E-state index in [1.165, 1.54) is 0 Å². The van der Waals surface area contributed by atoms with Crippen molar-refractivity contribution in [1.82, 2.24) is 14.3 Å². The molecule has 0 aromatic carbocycles. The Kier molecular flexibility index (Phi) is 3.97. The molecule has 106 valence electrons. The van der Waals surface area contributed by atoms with Crippen molar-refractivity contribution < 1.29 is 9.90 Å². The number of nitrogens with zero attached hydrogens (tertiary/aromatic N) is 3. The second-order valence-electron chi connectivity index (χ2n) is 4.41. The van der Waals surface area contributed by atoms with Crippen molar-refractivity contribution in [3.05, 3.63) is 44.8 Å². The van der Waals surface area contributed by atoms with Crippen molar-refractivity contribution in [2.75, 3.05) is 0 Å². The van der Waals surface area contributed by atoms with Gasteiger partial charge in [-0.3, -0.25) is 9.36 Å². The Bertz CT molecular complexity index is 709. The molecule has 0 fully saturated rings. The highest BCUT2D eigenvalue weighted by Gasteiger charge is 2.19. The van der Waals surface area contributed by atoms with Gasteiger partial charge in [0, 0.05) is 6.54 Å². The lowest BCUT2D eigenvalue weighted by Crippen LogP contribution is -2.44. The molecule has 1 aliphatic carbocycles. The summed E-state index contributed by atoms with van der Waals surface area (Å²) in [7, 11) is 0. The predicted molar refractivity (Wildman–Crippen MR) is 72.7 cm³/mol. The van der Waals surface area contributed by atoms with Gasteiger partial charge in [0.25, 0.3) is 5.56 Å². The van der Waals surface area contributed by atoms with Gasteiger partial charge in [0.1, 0.15) is 0 Å². The number of hydrogen-bond donors (Lipinski definition) is 1. The fourth-order valence-corrected chi connectivity index (χ4v) is 1.99. The van der Waals surface area contributed by atoms with Crippen LogP contribution in [0.25, 0.3) is 5.70 Å². The van der Waals surface area contributed by atoms with Crippen LogP contribution in [0.3, 0.4) is 0 Å². The molecular formula is C13H15N3O4. The van der Waals surface area contributed by atoms with Gasteiger partial charge in [-0.05, 0) is 25.3 Å². The Morgan fingerprint density at radius 3 is 2.70 bits per heavy atom. The van der Waals surface area contributed by atoms with Crippen LogP contribution < -0.4 is 11.2 Å². The summed E-state index contributed by atoms with van der Waals surface area (Å²) in [5.41, 5.74) is -1.62. The summed E-state index contributed by atoms with van der Waals surface area (Å²) >= 11 is 0. The number of aromatic nitrogens is 3. The highest BCUT2D eigenvalue weighted by molar-refractivity contribution is 5.84. The van der Waals surface area contributed by atoms with Crippen LogP contribution in [0.15, 0.2) is 27.8 Å². The average Bonchev–Trinajstić information content (AvgIpc) is 2.44. The molecular weight excluding hydrogens is 262 g/mol. The Morgan fingerprint density at radius 1 is 1.40 bits per heavy atom. The molecule has 0 aliphatic heterocycles. The first-order chi connectivity index (χ1) is 9.56. The van der Waals surface area contributed by atoms with E-state index in [1.54, 1.807) is 19.1 Å². The van der Waals surface area contributed by atoms with Gasteiger partial charge < -0.3 is 5.11 Å². The summed E-state index contributed by atoms with van der Waals surface area (Å²) in [4.78, 5) is 35.3. The van der Waals surface area contributed by atoms with Crippen molar-refractivity contribution in [2.45, 2.75) is 32.7 Å². The van der Waals surface area contributed by atoms with Crippen LogP contribution >= 0.6 is 0 Å². The molecule has 1 aromatic heterocycles. The number of carbonyl (C=O) groups is 1. The quantitative estimate of drug-likeness (QED) is 0.874. The van der Waals surface area contributed by atoms with Crippen molar-refractivity contribution >= 4 is 11.7 Å². The Hall–Kier alpha value is -2.44. The lowest BCUT2D eigenvalue weighted by molar-refractivity contribution is 0.0684. The molecule has 20 heavy (non-hydrogen) atoms. The van der Waals surface area contributed by atoms with Crippen LogP contribution in [0.2, 0.25) is 0 Å². The molecule has 0 spiro atoms. The van der Waals surface area contributed by atoms with Crippen LogP contribution in [0.1, 0.15) is 36.7 Å². The summed E-state index contributed by atoms with van der Waals surface area (Å²) in [6.45, 7) is 1.97.